The average Bonchev–Trinajstić information content (AvgIpc) is 2.61. The summed E-state index contributed by atoms with van der Waals surface area (Å²) >= 11 is 0. The first-order valence-corrected chi connectivity index (χ1v) is 8.52. The van der Waals surface area contributed by atoms with Gasteiger partial charge in [0.25, 0.3) is 0 Å². The molecule has 6 heteroatoms. The van der Waals surface area contributed by atoms with Crippen LogP contribution in [-0.2, 0) is 14.6 Å². The second-order valence-electron chi connectivity index (χ2n) is 5.48. The highest BCUT2D eigenvalue weighted by Gasteiger charge is 2.29. The van der Waals surface area contributed by atoms with Crippen molar-refractivity contribution in [2.75, 3.05) is 24.6 Å². The number of nitrogens with zero attached hydrogens (tertiary/aromatic N) is 1. The van der Waals surface area contributed by atoms with Crippen molar-refractivity contribution < 1.29 is 13.2 Å². The number of nitrogens with one attached hydrogen (secondary N) is 1. The molecular weight excluding hydrogens is 252 g/mol. The van der Waals surface area contributed by atoms with Crippen LogP contribution in [0.15, 0.2) is 0 Å². The maximum absolute atomic E-state index is 11.9. The van der Waals surface area contributed by atoms with Gasteiger partial charge in [0.05, 0.1) is 18.1 Å². The fourth-order valence-corrected chi connectivity index (χ4v) is 4.43. The Balaban J connectivity index is 1.78. The zero-order valence-electron chi connectivity index (χ0n) is 10.9. The van der Waals surface area contributed by atoms with Crippen LogP contribution in [0.1, 0.15) is 32.6 Å². The van der Waals surface area contributed by atoms with Crippen LogP contribution in [0, 0.1) is 0 Å². The minimum absolute atomic E-state index is 0.0362. The van der Waals surface area contributed by atoms with E-state index in [-0.39, 0.29) is 23.5 Å². The van der Waals surface area contributed by atoms with Gasteiger partial charge in [0.2, 0.25) is 5.91 Å². The van der Waals surface area contributed by atoms with E-state index in [4.69, 9.17) is 0 Å². The van der Waals surface area contributed by atoms with Gasteiger partial charge in [-0.25, -0.2) is 8.42 Å². The molecule has 1 amide bonds. The van der Waals surface area contributed by atoms with Crippen LogP contribution in [-0.4, -0.2) is 55.9 Å². The summed E-state index contributed by atoms with van der Waals surface area (Å²) in [6, 6.07) is 0.277. The van der Waals surface area contributed by atoms with Gasteiger partial charge in [-0.15, -0.1) is 0 Å². The van der Waals surface area contributed by atoms with E-state index in [1.165, 1.54) is 6.42 Å². The Bertz CT molecular complexity index is 408. The summed E-state index contributed by atoms with van der Waals surface area (Å²) in [7, 11) is -2.91. The minimum atomic E-state index is -2.91. The van der Waals surface area contributed by atoms with Crippen LogP contribution >= 0.6 is 0 Å². The number of sulfone groups is 1. The molecule has 0 aliphatic carbocycles. The lowest BCUT2D eigenvalue weighted by atomic mass is 10.0. The van der Waals surface area contributed by atoms with E-state index in [1.807, 2.05) is 0 Å². The van der Waals surface area contributed by atoms with Gasteiger partial charge < -0.3 is 5.32 Å². The van der Waals surface area contributed by atoms with Gasteiger partial charge in [-0.2, -0.15) is 0 Å². The number of amides is 1. The monoisotopic (exact) mass is 274 g/mol. The number of rotatable bonds is 3. The van der Waals surface area contributed by atoms with E-state index in [1.54, 1.807) is 0 Å². The number of hydrogen-bond donors (Lipinski definition) is 1. The van der Waals surface area contributed by atoms with Crippen LogP contribution in [0.3, 0.4) is 0 Å². The molecule has 2 aliphatic rings. The highest BCUT2D eigenvalue weighted by molar-refractivity contribution is 7.91. The molecule has 2 rings (SSSR count). The Morgan fingerprint density at radius 2 is 2.11 bits per heavy atom. The van der Waals surface area contributed by atoms with Gasteiger partial charge in [0.1, 0.15) is 0 Å². The molecule has 2 fully saturated rings. The zero-order valence-corrected chi connectivity index (χ0v) is 11.7. The highest BCUT2D eigenvalue weighted by atomic mass is 32.2. The number of carbonyl (C=O) groups is 1. The van der Waals surface area contributed by atoms with E-state index in [2.05, 4.69) is 17.1 Å². The van der Waals surface area contributed by atoms with E-state index in [0.717, 1.165) is 19.4 Å². The summed E-state index contributed by atoms with van der Waals surface area (Å²) < 4.78 is 22.6. The third-order valence-corrected chi connectivity index (χ3v) is 5.65. The third-order valence-electron chi connectivity index (χ3n) is 3.88. The fourth-order valence-electron chi connectivity index (χ4n) is 2.76. The molecule has 0 saturated carbocycles. The van der Waals surface area contributed by atoms with Gasteiger partial charge in [0, 0.05) is 12.1 Å². The van der Waals surface area contributed by atoms with Crippen LogP contribution in [0.4, 0.5) is 0 Å². The molecule has 0 bridgehead atoms. The second-order valence-corrected chi connectivity index (χ2v) is 7.71. The number of piperidine rings is 1. The molecule has 2 unspecified atom stereocenters. The topological polar surface area (TPSA) is 66.5 Å². The van der Waals surface area contributed by atoms with Gasteiger partial charge in [0.15, 0.2) is 9.84 Å². The van der Waals surface area contributed by atoms with Gasteiger partial charge >= 0.3 is 0 Å². The summed E-state index contributed by atoms with van der Waals surface area (Å²) in [6.07, 6.45) is 4.09. The summed E-state index contributed by atoms with van der Waals surface area (Å²) in [4.78, 5) is 14.1. The van der Waals surface area contributed by atoms with Crippen molar-refractivity contribution in [3.8, 4) is 0 Å². The van der Waals surface area contributed by atoms with Crippen LogP contribution in [0.2, 0.25) is 0 Å². The van der Waals surface area contributed by atoms with E-state index in [9.17, 15) is 13.2 Å². The molecule has 0 aromatic heterocycles. The van der Waals surface area contributed by atoms with Gasteiger partial charge in [-0.05, 0) is 32.7 Å². The van der Waals surface area contributed by atoms with Crippen molar-refractivity contribution >= 4 is 15.7 Å². The minimum Gasteiger partial charge on any atom is -0.351 e. The molecule has 0 aromatic rings. The standard InChI is InChI=1S/C12H22N2O3S/c1-10-4-2-3-6-14(10)8-12(15)13-11-5-7-18(16,17)9-11/h10-11H,2-9H2,1H3,(H,13,15). The van der Waals surface area contributed by atoms with E-state index >= 15 is 0 Å². The van der Waals surface area contributed by atoms with Crippen molar-refractivity contribution in [1.29, 1.82) is 0 Å². The molecule has 1 N–H and O–H groups in total. The molecule has 0 radical (unpaired) electrons. The Morgan fingerprint density at radius 3 is 2.72 bits per heavy atom. The fraction of sp³-hybridized carbons (Fsp3) is 0.917. The normalized spacial score (nSPS) is 32.3. The summed E-state index contributed by atoms with van der Waals surface area (Å²) in [6.45, 7) is 3.52. The second kappa shape index (κ2) is 5.57. The van der Waals surface area contributed by atoms with Crippen LogP contribution < -0.4 is 5.32 Å². The third kappa shape index (κ3) is 3.68. The van der Waals surface area contributed by atoms with Crippen molar-refractivity contribution in [3.05, 3.63) is 0 Å². The lowest BCUT2D eigenvalue weighted by molar-refractivity contribution is -0.123. The Labute approximate surface area is 109 Å². The predicted molar refractivity (Wildman–Crippen MR) is 70.1 cm³/mol. The van der Waals surface area contributed by atoms with Gasteiger partial charge in [-0.3, -0.25) is 9.69 Å². The zero-order chi connectivity index (χ0) is 13.2. The predicted octanol–water partition coefficient (Wildman–Crippen LogP) is 0.164. The van der Waals surface area contributed by atoms with Crippen molar-refractivity contribution in [1.82, 2.24) is 10.2 Å². The van der Waals surface area contributed by atoms with Crippen LogP contribution in [0.5, 0.6) is 0 Å². The molecule has 104 valence electrons. The van der Waals surface area contributed by atoms with E-state index < -0.39 is 9.84 Å². The smallest absolute Gasteiger partial charge is 0.234 e. The number of hydrogen-bond acceptors (Lipinski definition) is 4. The highest BCUT2D eigenvalue weighted by Crippen LogP contribution is 2.16. The quantitative estimate of drug-likeness (QED) is 0.796. The summed E-state index contributed by atoms with van der Waals surface area (Å²) in [5.41, 5.74) is 0. The SMILES string of the molecule is CC1CCCCN1CC(=O)NC1CCS(=O)(=O)C1. The molecule has 2 heterocycles. The average molecular weight is 274 g/mol. The maximum atomic E-state index is 11.9. The Morgan fingerprint density at radius 1 is 1.33 bits per heavy atom. The lowest BCUT2D eigenvalue weighted by Gasteiger charge is -2.32. The molecular formula is C12H22N2O3S. The first-order chi connectivity index (χ1) is 8.46. The van der Waals surface area contributed by atoms with Crippen molar-refractivity contribution in [2.45, 2.75) is 44.7 Å². The van der Waals surface area contributed by atoms with Gasteiger partial charge in [-0.1, -0.05) is 6.42 Å². The first-order valence-electron chi connectivity index (χ1n) is 6.70. The summed E-state index contributed by atoms with van der Waals surface area (Å²) in [5.74, 6) is 0.276. The van der Waals surface area contributed by atoms with E-state index in [0.29, 0.717) is 19.0 Å². The number of carbonyl (C=O) groups excluding carboxylic acids is 1. The van der Waals surface area contributed by atoms with Crippen molar-refractivity contribution in [2.24, 2.45) is 0 Å². The molecule has 18 heavy (non-hydrogen) atoms. The summed E-state index contributed by atoms with van der Waals surface area (Å²) in [5, 5.41) is 2.84. The molecule has 0 spiro atoms. The largest absolute Gasteiger partial charge is 0.351 e. The first kappa shape index (κ1) is 13.8. The molecule has 0 aromatic carbocycles. The Hall–Kier alpha value is -0.620. The molecule has 5 nitrogen and oxygen atoms in total. The molecule has 2 aliphatic heterocycles. The lowest BCUT2D eigenvalue weighted by Crippen LogP contribution is -2.46. The molecule has 2 atom stereocenters. The maximum Gasteiger partial charge on any atom is 0.234 e. The number of likely N-dealkylation sites (tertiary alicyclic amines) is 1. The Kier molecular flexibility index (Phi) is 4.27. The van der Waals surface area contributed by atoms with Crippen LogP contribution in [0.25, 0.3) is 0 Å². The van der Waals surface area contributed by atoms with Crippen molar-refractivity contribution in [3.63, 3.8) is 0 Å². The molecule has 2 saturated heterocycles.